The number of nitrogens with one attached hydrogen (secondary N) is 1. The van der Waals surface area contributed by atoms with Crippen LogP contribution >= 0.6 is 0 Å². The molecule has 24 heavy (non-hydrogen) atoms. The fourth-order valence-corrected chi connectivity index (χ4v) is 3.21. The maximum Gasteiger partial charge on any atom is 0.242 e. The van der Waals surface area contributed by atoms with E-state index in [-0.39, 0.29) is 16.7 Å². The molecular formula is C18H22N2O3S. The van der Waals surface area contributed by atoms with Crippen LogP contribution in [0.1, 0.15) is 24.8 Å². The fraction of sp³-hybridized carbons (Fsp3) is 0.278. The Kier molecular flexibility index (Phi) is 5.75. The van der Waals surface area contributed by atoms with Crippen molar-refractivity contribution in [1.29, 1.82) is 0 Å². The summed E-state index contributed by atoms with van der Waals surface area (Å²) in [6.07, 6.45) is 0.363. The Morgan fingerprint density at radius 2 is 1.62 bits per heavy atom. The predicted molar refractivity (Wildman–Crippen MR) is 95.4 cm³/mol. The number of carbonyl (C=O) groups is 1. The number of hydrogen-bond acceptors (Lipinski definition) is 3. The molecule has 0 fully saturated rings. The molecule has 0 aliphatic heterocycles. The van der Waals surface area contributed by atoms with Crippen LogP contribution in [0, 0.1) is 0 Å². The highest BCUT2D eigenvalue weighted by atomic mass is 32.2. The molecule has 0 radical (unpaired) electrons. The molecule has 128 valence electrons. The summed E-state index contributed by atoms with van der Waals surface area (Å²) in [5.41, 5.74) is 1.69. The number of nitrogens with zero attached hydrogens (tertiary/aromatic N) is 1. The highest BCUT2D eigenvalue weighted by Gasteiger charge is 2.17. The van der Waals surface area contributed by atoms with Crippen molar-refractivity contribution in [3.05, 3.63) is 60.2 Å². The van der Waals surface area contributed by atoms with Gasteiger partial charge in [0.2, 0.25) is 15.9 Å². The van der Waals surface area contributed by atoms with Crippen LogP contribution in [0.4, 0.5) is 5.69 Å². The van der Waals surface area contributed by atoms with Gasteiger partial charge in [-0.15, -0.1) is 0 Å². The second-order valence-electron chi connectivity index (χ2n) is 5.88. The third-order valence-electron chi connectivity index (χ3n) is 3.78. The lowest BCUT2D eigenvalue weighted by molar-refractivity contribution is -0.116. The maximum absolute atomic E-state index is 12.1. The van der Waals surface area contributed by atoms with Crippen LogP contribution in [-0.2, 0) is 14.8 Å². The van der Waals surface area contributed by atoms with Gasteiger partial charge in [0.1, 0.15) is 0 Å². The van der Waals surface area contributed by atoms with Gasteiger partial charge >= 0.3 is 0 Å². The van der Waals surface area contributed by atoms with Gasteiger partial charge in [-0.3, -0.25) is 4.79 Å². The molecule has 0 aliphatic rings. The summed E-state index contributed by atoms with van der Waals surface area (Å²) in [6, 6.07) is 16.0. The lowest BCUT2D eigenvalue weighted by Gasteiger charge is -2.13. The molecule has 1 N–H and O–H groups in total. The molecule has 0 saturated heterocycles. The first-order valence-corrected chi connectivity index (χ1v) is 9.12. The number of sulfonamides is 1. The van der Waals surface area contributed by atoms with E-state index in [9.17, 15) is 13.2 Å². The molecule has 0 aliphatic carbocycles. The van der Waals surface area contributed by atoms with Crippen molar-refractivity contribution < 1.29 is 13.2 Å². The normalized spacial score (nSPS) is 12.8. The average molecular weight is 346 g/mol. The first-order valence-electron chi connectivity index (χ1n) is 7.68. The number of carbonyl (C=O) groups excluding carboxylic acids is 1. The lowest BCUT2D eigenvalue weighted by atomic mass is 9.97. The highest BCUT2D eigenvalue weighted by molar-refractivity contribution is 7.89. The molecule has 0 spiro atoms. The Morgan fingerprint density at radius 3 is 2.17 bits per heavy atom. The zero-order valence-corrected chi connectivity index (χ0v) is 14.9. The number of rotatable bonds is 6. The number of amides is 1. The molecule has 1 atom stereocenters. The summed E-state index contributed by atoms with van der Waals surface area (Å²) in [5.74, 6) is 0.00848. The van der Waals surface area contributed by atoms with Crippen LogP contribution < -0.4 is 5.32 Å². The number of hydrogen-bond donors (Lipinski definition) is 1. The van der Waals surface area contributed by atoms with E-state index in [1.54, 1.807) is 12.1 Å². The minimum Gasteiger partial charge on any atom is -0.326 e. The zero-order valence-electron chi connectivity index (χ0n) is 14.1. The second kappa shape index (κ2) is 7.59. The Labute approximate surface area is 143 Å². The van der Waals surface area contributed by atoms with Gasteiger partial charge < -0.3 is 5.32 Å². The smallest absolute Gasteiger partial charge is 0.242 e. The second-order valence-corrected chi connectivity index (χ2v) is 8.03. The summed E-state index contributed by atoms with van der Waals surface area (Å²) in [4.78, 5) is 12.3. The first-order chi connectivity index (χ1) is 11.3. The third-order valence-corrected chi connectivity index (χ3v) is 5.61. The Balaban J connectivity index is 2.00. The van der Waals surface area contributed by atoms with Crippen LogP contribution in [0.25, 0.3) is 0 Å². The minimum absolute atomic E-state index is 0.102. The summed E-state index contributed by atoms with van der Waals surface area (Å²) >= 11 is 0. The van der Waals surface area contributed by atoms with Crippen molar-refractivity contribution in [3.8, 4) is 0 Å². The van der Waals surface area contributed by atoms with E-state index in [2.05, 4.69) is 5.32 Å². The highest BCUT2D eigenvalue weighted by Crippen LogP contribution is 2.20. The summed E-state index contributed by atoms with van der Waals surface area (Å²) in [6.45, 7) is 2.00. The molecule has 2 aromatic rings. The van der Waals surface area contributed by atoms with E-state index in [4.69, 9.17) is 0 Å². The first kappa shape index (κ1) is 18.2. The van der Waals surface area contributed by atoms with Gasteiger partial charge in [0.15, 0.2) is 0 Å². The molecule has 0 bridgehead atoms. The Bertz CT molecular complexity index is 785. The molecule has 0 heterocycles. The van der Waals surface area contributed by atoms with E-state index in [1.807, 2.05) is 37.3 Å². The number of anilines is 1. The molecule has 0 aromatic heterocycles. The Hall–Kier alpha value is -2.18. The monoisotopic (exact) mass is 346 g/mol. The molecule has 0 saturated carbocycles. The quantitative estimate of drug-likeness (QED) is 0.874. The Morgan fingerprint density at radius 1 is 1.04 bits per heavy atom. The van der Waals surface area contributed by atoms with Crippen LogP contribution in [0.5, 0.6) is 0 Å². The van der Waals surface area contributed by atoms with E-state index in [0.717, 1.165) is 9.87 Å². The van der Waals surface area contributed by atoms with Crippen molar-refractivity contribution >= 4 is 21.6 Å². The molecule has 0 unspecified atom stereocenters. The van der Waals surface area contributed by atoms with Gasteiger partial charge in [-0.2, -0.15) is 0 Å². The fourth-order valence-electron chi connectivity index (χ4n) is 2.31. The van der Waals surface area contributed by atoms with E-state index < -0.39 is 10.0 Å². The zero-order chi connectivity index (χ0) is 17.7. The van der Waals surface area contributed by atoms with Crippen molar-refractivity contribution in [3.63, 3.8) is 0 Å². The largest absolute Gasteiger partial charge is 0.326 e. The van der Waals surface area contributed by atoms with Crippen LogP contribution in [0.3, 0.4) is 0 Å². The summed E-state index contributed by atoms with van der Waals surface area (Å²) in [7, 11) is -0.492. The molecule has 2 aromatic carbocycles. The van der Waals surface area contributed by atoms with Gasteiger partial charge in [-0.25, -0.2) is 12.7 Å². The maximum atomic E-state index is 12.1. The van der Waals surface area contributed by atoms with Gasteiger partial charge in [0, 0.05) is 26.2 Å². The minimum atomic E-state index is -3.46. The van der Waals surface area contributed by atoms with Crippen molar-refractivity contribution in [2.24, 2.45) is 0 Å². The van der Waals surface area contributed by atoms with Gasteiger partial charge in [0.25, 0.3) is 0 Å². The standard InChI is InChI=1S/C18H22N2O3S/c1-14(15-7-5-4-6-8-15)13-18(21)19-16-9-11-17(12-10-16)24(22,23)20(2)3/h4-12,14H,13H2,1-3H3,(H,19,21)/t14-/m0/s1. The molecule has 5 nitrogen and oxygen atoms in total. The van der Waals surface area contributed by atoms with Gasteiger partial charge in [-0.05, 0) is 35.7 Å². The SMILES string of the molecule is C[C@@H](CC(=O)Nc1ccc(S(=O)(=O)N(C)C)cc1)c1ccccc1. The third kappa shape index (κ3) is 4.43. The average Bonchev–Trinajstić information content (AvgIpc) is 2.56. The summed E-state index contributed by atoms with van der Waals surface area (Å²) < 4.78 is 25.2. The lowest BCUT2D eigenvalue weighted by Crippen LogP contribution is -2.22. The predicted octanol–water partition coefficient (Wildman–Crippen LogP) is 3.07. The molecule has 2 rings (SSSR count). The number of benzene rings is 2. The van der Waals surface area contributed by atoms with Crippen molar-refractivity contribution in [2.75, 3.05) is 19.4 Å². The van der Waals surface area contributed by atoms with Crippen LogP contribution in [0.15, 0.2) is 59.5 Å². The molecular weight excluding hydrogens is 324 g/mol. The molecule has 1 amide bonds. The van der Waals surface area contributed by atoms with Crippen LogP contribution in [0.2, 0.25) is 0 Å². The van der Waals surface area contributed by atoms with Crippen molar-refractivity contribution in [1.82, 2.24) is 4.31 Å². The van der Waals surface area contributed by atoms with E-state index in [1.165, 1.54) is 26.2 Å². The van der Waals surface area contributed by atoms with E-state index >= 15 is 0 Å². The van der Waals surface area contributed by atoms with Gasteiger partial charge in [0.05, 0.1) is 4.90 Å². The molecule has 6 heteroatoms. The summed E-state index contributed by atoms with van der Waals surface area (Å²) in [5, 5.41) is 2.80. The van der Waals surface area contributed by atoms with E-state index in [0.29, 0.717) is 12.1 Å². The van der Waals surface area contributed by atoms with Crippen molar-refractivity contribution in [2.45, 2.75) is 24.2 Å². The van der Waals surface area contributed by atoms with Crippen LogP contribution in [-0.4, -0.2) is 32.7 Å². The topological polar surface area (TPSA) is 66.5 Å². The van der Waals surface area contributed by atoms with Gasteiger partial charge in [-0.1, -0.05) is 37.3 Å².